The first-order chi connectivity index (χ1) is 7.77. The Bertz CT molecular complexity index is 496. The van der Waals surface area contributed by atoms with Gasteiger partial charge in [-0.1, -0.05) is 36.4 Å². The molecule has 0 spiro atoms. The van der Waals surface area contributed by atoms with Gasteiger partial charge in [-0.05, 0) is 30.7 Å². The first-order valence-corrected chi connectivity index (χ1v) is 6.21. The zero-order valence-corrected chi connectivity index (χ0v) is 9.83. The van der Waals surface area contributed by atoms with Crippen molar-refractivity contribution in [2.75, 3.05) is 4.72 Å². The third-order valence-corrected chi connectivity index (χ3v) is 3.41. The van der Waals surface area contributed by atoms with E-state index in [9.17, 15) is 4.21 Å². The summed E-state index contributed by atoms with van der Waals surface area (Å²) in [6.07, 6.45) is 0. The Kier molecular flexibility index (Phi) is 3.37. The summed E-state index contributed by atoms with van der Waals surface area (Å²) in [5, 5.41) is 0. The second-order valence-corrected chi connectivity index (χ2v) is 4.71. The third kappa shape index (κ3) is 2.49. The predicted molar refractivity (Wildman–Crippen MR) is 67.7 cm³/mol. The quantitative estimate of drug-likeness (QED) is 0.864. The summed E-state index contributed by atoms with van der Waals surface area (Å²) in [4.78, 5) is 0.783. The molecule has 0 bridgehead atoms. The summed E-state index contributed by atoms with van der Waals surface area (Å²) in [6, 6.07) is 17.2. The van der Waals surface area contributed by atoms with E-state index in [1.54, 1.807) is 0 Å². The number of benzene rings is 2. The molecule has 1 atom stereocenters. The number of hydrogen-bond donors (Lipinski definition) is 1. The van der Waals surface area contributed by atoms with E-state index in [1.165, 1.54) is 0 Å². The third-order valence-electron chi connectivity index (χ3n) is 2.31. The van der Waals surface area contributed by atoms with Crippen molar-refractivity contribution < 1.29 is 4.21 Å². The first-order valence-electron chi connectivity index (χ1n) is 5.06. The Hall–Kier alpha value is -1.61. The van der Waals surface area contributed by atoms with Crippen LogP contribution in [0.3, 0.4) is 0 Å². The molecule has 0 aromatic heterocycles. The SMILES string of the molecule is Cc1ccccc1NS(=O)c1ccccc1. The van der Waals surface area contributed by atoms with Crippen LogP contribution in [-0.2, 0) is 11.0 Å². The van der Waals surface area contributed by atoms with Crippen molar-refractivity contribution >= 4 is 16.7 Å². The lowest BCUT2D eigenvalue weighted by atomic mass is 10.2. The van der Waals surface area contributed by atoms with Gasteiger partial charge in [0.15, 0.2) is 0 Å². The van der Waals surface area contributed by atoms with E-state index in [0.29, 0.717) is 0 Å². The minimum atomic E-state index is -1.19. The van der Waals surface area contributed by atoms with Crippen molar-refractivity contribution in [1.82, 2.24) is 0 Å². The van der Waals surface area contributed by atoms with Gasteiger partial charge in [-0.15, -0.1) is 0 Å². The van der Waals surface area contributed by atoms with Crippen LogP contribution < -0.4 is 4.72 Å². The fourth-order valence-electron chi connectivity index (χ4n) is 1.39. The van der Waals surface area contributed by atoms with Crippen LogP contribution >= 0.6 is 0 Å². The second kappa shape index (κ2) is 4.94. The molecule has 82 valence electrons. The molecule has 16 heavy (non-hydrogen) atoms. The van der Waals surface area contributed by atoms with Crippen molar-refractivity contribution in [2.45, 2.75) is 11.8 Å². The Morgan fingerprint density at radius 3 is 2.25 bits per heavy atom. The molecule has 1 N–H and O–H groups in total. The Balaban J connectivity index is 2.18. The molecule has 0 amide bonds. The number of aryl methyl sites for hydroxylation is 1. The van der Waals surface area contributed by atoms with Gasteiger partial charge >= 0.3 is 0 Å². The standard InChI is InChI=1S/C13H13NOS/c1-11-7-5-6-10-13(11)14-16(15)12-8-3-2-4-9-12/h2-10,14H,1H3. The maximum absolute atomic E-state index is 12.0. The molecule has 3 heteroatoms. The summed E-state index contributed by atoms with van der Waals surface area (Å²) in [5.74, 6) is 0. The van der Waals surface area contributed by atoms with Crippen LogP contribution in [0.25, 0.3) is 0 Å². The van der Waals surface area contributed by atoms with Gasteiger partial charge in [-0.3, -0.25) is 0 Å². The van der Waals surface area contributed by atoms with Crippen molar-refractivity contribution in [3.63, 3.8) is 0 Å². The molecule has 2 nitrogen and oxygen atoms in total. The molecule has 2 rings (SSSR count). The molecule has 2 aromatic rings. The molecule has 0 fully saturated rings. The van der Waals surface area contributed by atoms with Crippen LogP contribution in [0.15, 0.2) is 59.5 Å². The highest BCUT2D eigenvalue weighted by atomic mass is 32.2. The van der Waals surface area contributed by atoms with Crippen molar-refractivity contribution in [3.05, 3.63) is 60.2 Å². The zero-order valence-electron chi connectivity index (χ0n) is 9.01. The van der Waals surface area contributed by atoms with Gasteiger partial charge in [0.25, 0.3) is 0 Å². The van der Waals surface area contributed by atoms with Gasteiger partial charge in [0.2, 0.25) is 0 Å². The maximum atomic E-state index is 12.0. The lowest BCUT2D eigenvalue weighted by molar-refractivity contribution is 0.686. The lowest BCUT2D eigenvalue weighted by Crippen LogP contribution is -2.05. The number of para-hydroxylation sites is 1. The van der Waals surface area contributed by atoms with Crippen LogP contribution in [0.2, 0.25) is 0 Å². The normalized spacial score (nSPS) is 12.1. The molecular formula is C13H13NOS. The Morgan fingerprint density at radius 2 is 1.56 bits per heavy atom. The van der Waals surface area contributed by atoms with Gasteiger partial charge in [0.05, 0.1) is 4.90 Å². The highest BCUT2D eigenvalue weighted by Gasteiger charge is 2.04. The first kappa shape index (κ1) is 10.9. The average Bonchev–Trinajstić information content (AvgIpc) is 2.33. The van der Waals surface area contributed by atoms with Gasteiger partial charge in [0.1, 0.15) is 11.0 Å². The van der Waals surface area contributed by atoms with Crippen LogP contribution in [0.5, 0.6) is 0 Å². The molecule has 0 aliphatic carbocycles. The fraction of sp³-hybridized carbons (Fsp3) is 0.0769. The van der Waals surface area contributed by atoms with E-state index in [4.69, 9.17) is 0 Å². The van der Waals surface area contributed by atoms with Crippen molar-refractivity contribution in [1.29, 1.82) is 0 Å². The van der Waals surface area contributed by atoms with E-state index < -0.39 is 11.0 Å². The molecular weight excluding hydrogens is 218 g/mol. The number of anilines is 1. The fourth-order valence-corrected chi connectivity index (χ4v) is 2.34. The summed E-state index contributed by atoms with van der Waals surface area (Å²) < 4.78 is 15.0. The second-order valence-electron chi connectivity index (χ2n) is 3.50. The predicted octanol–water partition coefficient (Wildman–Crippen LogP) is 3.13. The Labute approximate surface area is 97.9 Å². The molecule has 2 aromatic carbocycles. The summed E-state index contributed by atoms with van der Waals surface area (Å²) in [5.41, 5.74) is 2.00. The topological polar surface area (TPSA) is 29.1 Å². The molecule has 0 heterocycles. The van der Waals surface area contributed by atoms with Crippen LogP contribution in [0.1, 0.15) is 5.56 Å². The smallest absolute Gasteiger partial charge is 0.150 e. The molecule has 0 saturated carbocycles. The number of rotatable bonds is 3. The van der Waals surface area contributed by atoms with E-state index in [2.05, 4.69) is 4.72 Å². The van der Waals surface area contributed by atoms with E-state index in [0.717, 1.165) is 16.1 Å². The molecule has 1 unspecified atom stereocenters. The molecule has 0 aliphatic heterocycles. The molecule has 0 aliphatic rings. The number of nitrogens with one attached hydrogen (secondary N) is 1. The highest BCUT2D eigenvalue weighted by molar-refractivity contribution is 7.86. The van der Waals surface area contributed by atoms with Crippen molar-refractivity contribution in [3.8, 4) is 0 Å². The summed E-state index contributed by atoms with van der Waals surface area (Å²) in [6.45, 7) is 1.99. The van der Waals surface area contributed by atoms with Gasteiger partial charge < -0.3 is 4.72 Å². The molecule has 0 saturated heterocycles. The molecule has 0 radical (unpaired) electrons. The zero-order chi connectivity index (χ0) is 11.4. The summed E-state index contributed by atoms with van der Waals surface area (Å²) in [7, 11) is -1.19. The van der Waals surface area contributed by atoms with E-state index in [-0.39, 0.29) is 0 Å². The lowest BCUT2D eigenvalue weighted by Gasteiger charge is -2.08. The van der Waals surface area contributed by atoms with Crippen LogP contribution in [0, 0.1) is 6.92 Å². The number of hydrogen-bond acceptors (Lipinski definition) is 1. The van der Waals surface area contributed by atoms with Gasteiger partial charge in [-0.2, -0.15) is 0 Å². The van der Waals surface area contributed by atoms with E-state index in [1.807, 2.05) is 61.5 Å². The van der Waals surface area contributed by atoms with Crippen LogP contribution in [0.4, 0.5) is 5.69 Å². The van der Waals surface area contributed by atoms with Crippen molar-refractivity contribution in [2.24, 2.45) is 0 Å². The highest BCUT2D eigenvalue weighted by Crippen LogP contribution is 2.16. The Morgan fingerprint density at radius 1 is 0.938 bits per heavy atom. The minimum absolute atomic E-state index is 0.783. The average molecular weight is 231 g/mol. The van der Waals surface area contributed by atoms with Crippen LogP contribution in [-0.4, -0.2) is 4.21 Å². The minimum Gasteiger partial charge on any atom is -0.301 e. The van der Waals surface area contributed by atoms with Gasteiger partial charge in [0, 0.05) is 5.69 Å². The van der Waals surface area contributed by atoms with Gasteiger partial charge in [-0.25, -0.2) is 4.21 Å². The monoisotopic (exact) mass is 231 g/mol. The summed E-state index contributed by atoms with van der Waals surface area (Å²) >= 11 is 0. The van der Waals surface area contributed by atoms with E-state index >= 15 is 0 Å². The maximum Gasteiger partial charge on any atom is 0.150 e. The largest absolute Gasteiger partial charge is 0.301 e.